The quantitative estimate of drug-likeness (QED) is 0.658. The average molecular weight is 199 g/mol. The molecule has 0 radical (unpaired) electrons. The zero-order chi connectivity index (χ0) is 10.4. The van der Waals surface area contributed by atoms with Crippen LogP contribution in [0.25, 0.3) is 0 Å². The monoisotopic (exact) mass is 199 g/mol. The molecule has 1 nitrogen and oxygen atoms in total. The number of pyridine rings is 1. The number of halogens is 2. The summed E-state index contributed by atoms with van der Waals surface area (Å²) in [4.78, 5) is 3.80. The standard InChI is InChI=1S/C11H15F2N/c1-2-3-4-5-9-6-10(11(12)13)8-14-7-9/h6-8,11H,2-5H2,1H3. The maximum Gasteiger partial charge on any atom is 0.265 e. The van der Waals surface area contributed by atoms with Gasteiger partial charge in [-0.3, -0.25) is 4.98 Å². The number of aromatic nitrogens is 1. The molecule has 0 aliphatic rings. The topological polar surface area (TPSA) is 12.9 Å². The van der Waals surface area contributed by atoms with Crippen molar-refractivity contribution in [3.05, 3.63) is 29.6 Å². The lowest BCUT2D eigenvalue weighted by Gasteiger charge is -2.03. The van der Waals surface area contributed by atoms with Crippen molar-refractivity contribution in [3.8, 4) is 0 Å². The summed E-state index contributed by atoms with van der Waals surface area (Å²) >= 11 is 0. The Balaban J connectivity index is 2.55. The van der Waals surface area contributed by atoms with Crippen LogP contribution in [0, 0.1) is 0 Å². The highest BCUT2D eigenvalue weighted by Gasteiger charge is 2.07. The number of rotatable bonds is 5. The normalized spacial score (nSPS) is 10.9. The van der Waals surface area contributed by atoms with E-state index in [-0.39, 0.29) is 5.56 Å². The van der Waals surface area contributed by atoms with Crippen molar-refractivity contribution >= 4 is 0 Å². The van der Waals surface area contributed by atoms with Crippen molar-refractivity contribution in [1.82, 2.24) is 4.98 Å². The van der Waals surface area contributed by atoms with Gasteiger partial charge in [-0.05, 0) is 24.5 Å². The second-order valence-corrected chi connectivity index (χ2v) is 3.38. The van der Waals surface area contributed by atoms with Gasteiger partial charge in [0, 0.05) is 18.0 Å². The summed E-state index contributed by atoms with van der Waals surface area (Å²) in [7, 11) is 0. The number of hydrogen-bond donors (Lipinski definition) is 0. The number of nitrogens with zero attached hydrogens (tertiary/aromatic N) is 1. The number of alkyl halides is 2. The molecular formula is C11H15F2N. The number of aryl methyl sites for hydroxylation is 1. The van der Waals surface area contributed by atoms with Crippen molar-refractivity contribution in [2.75, 3.05) is 0 Å². The summed E-state index contributed by atoms with van der Waals surface area (Å²) < 4.78 is 24.6. The van der Waals surface area contributed by atoms with Gasteiger partial charge in [-0.25, -0.2) is 8.78 Å². The summed E-state index contributed by atoms with van der Waals surface area (Å²) in [6, 6.07) is 1.55. The van der Waals surface area contributed by atoms with Gasteiger partial charge in [-0.15, -0.1) is 0 Å². The van der Waals surface area contributed by atoms with Gasteiger partial charge in [0.1, 0.15) is 0 Å². The van der Waals surface area contributed by atoms with E-state index in [1.165, 1.54) is 6.20 Å². The van der Waals surface area contributed by atoms with Crippen LogP contribution in [0.5, 0.6) is 0 Å². The van der Waals surface area contributed by atoms with Crippen molar-refractivity contribution in [3.63, 3.8) is 0 Å². The molecule has 0 atom stereocenters. The largest absolute Gasteiger partial charge is 0.265 e. The summed E-state index contributed by atoms with van der Waals surface area (Å²) in [6.07, 6.45) is 4.66. The van der Waals surface area contributed by atoms with E-state index in [1.54, 1.807) is 12.3 Å². The Morgan fingerprint density at radius 1 is 1.29 bits per heavy atom. The zero-order valence-corrected chi connectivity index (χ0v) is 8.34. The molecule has 0 saturated heterocycles. The number of hydrogen-bond acceptors (Lipinski definition) is 1. The van der Waals surface area contributed by atoms with Gasteiger partial charge < -0.3 is 0 Å². The van der Waals surface area contributed by atoms with E-state index >= 15 is 0 Å². The summed E-state index contributed by atoms with van der Waals surface area (Å²) in [6.45, 7) is 2.12. The van der Waals surface area contributed by atoms with Crippen LogP contribution in [0.2, 0.25) is 0 Å². The third-order valence-electron chi connectivity index (χ3n) is 2.14. The molecule has 0 fully saturated rings. The molecule has 0 aromatic carbocycles. The molecule has 1 heterocycles. The molecule has 0 aliphatic heterocycles. The first-order valence-corrected chi connectivity index (χ1v) is 4.96. The predicted octanol–water partition coefficient (Wildman–Crippen LogP) is 3.75. The van der Waals surface area contributed by atoms with Crippen LogP contribution < -0.4 is 0 Å². The Morgan fingerprint density at radius 3 is 2.71 bits per heavy atom. The maximum absolute atomic E-state index is 12.3. The van der Waals surface area contributed by atoms with Crippen LogP contribution >= 0.6 is 0 Å². The van der Waals surface area contributed by atoms with Crippen LogP contribution in [0.15, 0.2) is 18.5 Å². The van der Waals surface area contributed by atoms with Crippen LogP contribution in [0.4, 0.5) is 8.78 Å². The van der Waals surface area contributed by atoms with Gasteiger partial charge >= 0.3 is 0 Å². The lowest BCUT2D eigenvalue weighted by atomic mass is 10.1. The Hall–Kier alpha value is -0.990. The third-order valence-corrected chi connectivity index (χ3v) is 2.14. The molecular weight excluding hydrogens is 184 g/mol. The molecule has 0 saturated carbocycles. The zero-order valence-electron chi connectivity index (χ0n) is 8.34. The third kappa shape index (κ3) is 3.40. The van der Waals surface area contributed by atoms with E-state index in [0.29, 0.717) is 0 Å². The van der Waals surface area contributed by atoms with Crippen molar-refractivity contribution < 1.29 is 8.78 Å². The lowest BCUT2D eigenvalue weighted by Crippen LogP contribution is -1.91. The molecule has 0 aliphatic carbocycles. The Kier molecular flexibility index (Phi) is 4.50. The predicted molar refractivity (Wildman–Crippen MR) is 52.4 cm³/mol. The average Bonchev–Trinajstić information content (AvgIpc) is 2.19. The molecule has 0 bridgehead atoms. The molecule has 0 amide bonds. The highest BCUT2D eigenvalue weighted by molar-refractivity contribution is 5.19. The summed E-state index contributed by atoms with van der Waals surface area (Å²) in [5, 5.41) is 0. The van der Waals surface area contributed by atoms with Crippen molar-refractivity contribution in [2.45, 2.75) is 39.0 Å². The SMILES string of the molecule is CCCCCc1cncc(C(F)F)c1. The summed E-state index contributed by atoms with van der Waals surface area (Å²) in [5.41, 5.74) is 0.940. The Morgan fingerprint density at radius 2 is 2.07 bits per heavy atom. The minimum atomic E-state index is -2.41. The van der Waals surface area contributed by atoms with E-state index in [4.69, 9.17) is 0 Å². The van der Waals surface area contributed by atoms with Crippen molar-refractivity contribution in [2.24, 2.45) is 0 Å². The fourth-order valence-electron chi connectivity index (χ4n) is 1.34. The maximum atomic E-state index is 12.3. The van der Waals surface area contributed by atoms with E-state index in [9.17, 15) is 8.78 Å². The fraction of sp³-hybridized carbons (Fsp3) is 0.545. The minimum Gasteiger partial charge on any atom is -0.264 e. The first kappa shape index (κ1) is 11.1. The molecule has 0 unspecified atom stereocenters. The molecule has 0 N–H and O–H groups in total. The first-order chi connectivity index (χ1) is 6.74. The molecule has 1 aromatic rings. The highest BCUT2D eigenvalue weighted by Crippen LogP contribution is 2.19. The Bertz CT molecular complexity index is 274. The lowest BCUT2D eigenvalue weighted by molar-refractivity contribution is 0.151. The van der Waals surface area contributed by atoms with Gasteiger partial charge in [-0.1, -0.05) is 19.8 Å². The number of unbranched alkanes of at least 4 members (excludes halogenated alkanes) is 2. The second-order valence-electron chi connectivity index (χ2n) is 3.38. The van der Waals surface area contributed by atoms with E-state index in [2.05, 4.69) is 11.9 Å². The van der Waals surface area contributed by atoms with Crippen LogP contribution in [-0.4, -0.2) is 4.98 Å². The van der Waals surface area contributed by atoms with Gasteiger partial charge in [0.25, 0.3) is 6.43 Å². The molecule has 14 heavy (non-hydrogen) atoms. The van der Waals surface area contributed by atoms with Crippen LogP contribution in [-0.2, 0) is 6.42 Å². The molecule has 1 rings (SSSR count). The van der Waals surface area contributed by atoms with E-state index < -0.39 is 6.43 Å². The molecule has 1 aromatic heterocycles. The second kappa shape index (κ2) is 5.68. The smallest absolute Gasteiger partial charge is 0.264 e. The van der Waals surface area contributed by atoms with E-state index in [0.717, 1.165) is 31.2 Å². The van der Waals surface area contributed by atoms with Gasteiger partial charge in [0.05, 0.1) is 0 Å². The van der Waals surface area contributed by atoms with Gasteiger partial charge in [0.2, 0.25) is 0 Å². The van der Waals surface area contributed by atoms with Crippen LogP contribution in [0.1, 0.15) is 43.7 Å². The highest BCUT2D eigenvalue weighted by atomic mass is 19.3. The van der Waals surface area contributed by atoms with Crippen LogP contribution in [0.3, 0.4) is 0 Å². The first-order valence-electron chi connectivity index (χ1n) is 4.96. The van der Waals surface area contributed by atoms with Gasteiger partial charge in [0.15, 0.2) is 0 Å². The Labute approximate surface area is 83.2 Å². The molecule has 78 valence electrons. The van der Waals surface area contributed by atoms with Crippen molar-refractivity contribution in [1.29, 1.82) is 0 Å². The van der Waals surface area contributed by atoms with Gasteiger partial charge in [-0.2, -0.15) is 0 Å². The minimum absolute atomic E-state index is 0.0269. The molecule has 0 spiro atoms. The van der Waals surface area contributed by atoms with E-state index in [1.807, 2.05) is 0 Å². The molecule has 3 heteroatoms. The summed E-state index contributed by atoms with van der Waals surface area (Å²) in [5.74, 6) is 0. The fourth-order valence-corrected chi connectivity index (χ4v) is 1.34.